The predicted molar refractivity (Wildman–Crippen MR) is 116 cm³/mol. The third-order valence-corrected chi connectivity index (χ3v) is 5.27. The van der Waals surface area contributed by atoms with Gasteiger partial charge in [0.05, 0.1) is 12.4 Å². The van der Waals surface area contributed by atoms with Gasteiger partial charge in [0.1, 0.15) is 11.9 Å². The van der Waals surface area contributed by atoms with Gasteiger partial charge in [-0.25, -0.2) is 4.79 Å². The topological polar surface area (TPSA) is 87.8 Å². The normalized spacial score (nSPS) is 17.0. The number of rotatable bonds is 8. The van der Waals surface area contributed by atoms with Crippen LogP contribution in [0.4, 0.5) is 4.79 Å². The summed E-state index contributed by atoms with van der Waals surface area (Å²) in [4.78, 5) is 30.3. The van der Waals surface area contributed by atoms with Crippen molar-refractivity contribution < 1.29 is 9.59 Å². The molecule has 8 heteroatoms. The summed E-state index contributed by atoms with van der Waals surface area (Å²) < 4.78 is 0. The summed E-state index contributed by atoms with van der Waals surface area (Å²) in [7, 11) is 0. The van der Waals surface area contributed by atoms with Gasteiger partial charge in [-0.1, -0.05) is 48.0 Å². The summed E-state index contributed by atoms with van der Waals surface area (Å²) in [6, 6.07) is 14.3. The molecule has 1 unspecified atom stereocenters. The number of urea groups is 1. The Hall–Kier alpha value is -2.57. The van der Waals surface area contributed by atoms with E-state index < -0.39 is 6.04 Å². The summed E-state index contributed by atoms with van der Waals surface area (Å²) in [6.07, 6.45) is 1.13. The molecule has 152 valence electrons. The second-order valence-corrected chi connectivity index (χ2v) is 7.43. The number of halogens is 2. The number of hydrogen-bond acceptors (Lipinski definition) is 3. The van der Waals surface area contributed by atoms with E-state index in [4.69, 9.17) is 28.9 Å². The molecule has 0 radical (unpaired) electrons. The van der Waals surface area contributed by atoms with Crippen molar-refractivity contribution in [1.82, 2.24) is 10.2 Å². The third kappa shape index (κ3) is 5.28. The van der Waals surface area contributed by atoms with Crippen molar-refractivity contribution in [2.75, 3.05) is 12.4 Å². The molecule has 2 aromatic rings. The molecule has 29 heavy (non-hydrogen) atoms. The number of benzene rings is 2. The number of nitrogens with zero attached hydrogens (tertiary/aromatic N) is 2. The van der Waals surface area contributed by atoms with E-state index in [0.29, 0.717) is 30.2 Å². The highest BCUT2D eigenvalue weighted by atomic mass is 35.5. The van der Waals surface area contributed by atoms with Crippen LogP contribution < -0.4 is 11.1 Å². The number of nitrogens with one attached hydrogen (secondary N) is 1. The van der Waals surface area contributed by atoms with Crippen molar-refractivity contribution in [3.8, 4) is 11.1 Å². The minimum atomic E-state index is -0.540. The van der Waals surface area contributed by atoms with Gasteiger partial charge in [0.15, 0.2) is 0 Å². The summed E-state index contributed by atoms with van der Waals surface area (Å²) in [5.74, 6) is 0.320. The van der Waals surface area contributed by atoms with Crippen LogP contribution in [0.1, 0.15) is 18.4 Å². The second-order valence-electron chi connectivity index (χ2n) is 6.76. The van der Waals surface area contributed by atoms with E-state index in [1.54, 1.807) is 0 Å². The van der Waals surface area contributed by atoms with Gasteiger partial charge in [-0.3, -0.25) is 14.7 Å². The zero-order valence-corrected chi connectivity index (χ0v) is 17.3. The summed E-state index contributed by atoms with van der Waals surface area (Å²) in [5.41, 5.74) is 8.25. The molecule has 1 aliphatic heterocycles. The molecule has 1 atom stereocenters. The van der Waals surface area contributed by atoms with E-state index >= 15 is 0 Å². The molecule has 3 amide bonds. The van der Waals surface area contributed by atoms with Crippen molar-refractivity contribution in [3.05, 3.63) is 59.1 Å². The lowest BCUT2D eigenvalue weighted by molar-refractivity contribution is -0.128. The number of imide groups is 1. The number of hydrogen-bond donors (Lipinski definition) is 2. The Labute approximate surface area is 179 Å². The van der Waals surface area contributed by atoms with Gasteiger partial charge in [-0.05, 0) is 36.1 Å². The van der Waals surface area contributed by atoms with Crippen molar-refractivity contribution in [2.45, 2.75) is 25.4 Å². The van der Waals surface area contributed by atoms with Crippen LogP contribution in [0.2, 0.25) is 5.02 Å². The highest BCUT2D eigenvalue weighted by Crippen LogP contribution is 2.28. The van der Waals surface area contributed by atoms with Gasteiger partial charge in [0.25, 0.3) is 5.91 Å². The Morgan fingerprint density at radius 2 is 1.97 bits per heavy atom. The van der Waals surface area contributed by atoms with E-state index in [1.807, 2.05) is 48.5 Å². The molecule has 1 saturated heterocycles. The van der Waals surface area contributed by atoms with Crippen LogP contribution in [0.3, 0.4) is 0 Å². The first kappa shape index (κ1) is 21.1. The first-order valence-corrected chi connectivity index (χ1v) is 10.2. The molecular weight excluding hydrogens is 411 g/mol. The minimum absolute atomic E-state index is 0.181. The SMILES string of the molecule is NC(CCl)=NCCCC1NC(=O)N(Cc2cccc(-c3ccccc3Cl)c2)C1=O. The zero-order valence-electron chi connectivity index (χ0n) is 15.8. The third-order valence-electron chi connectivity index (χ3n) is 4.66. The fraction of sp³-hybridized carbons (Fsp3) is 0.286. The van der Waals surface area contributed by atoms with Crippen LogP contribution in [0.15, 0.2) is 53.5 Å². The maximum absolute atomic E-state index is 12.7. The molecule has 3 N–H and O–H groups in total. The van der Waals surface area contributed by atoms with E-state index in [-0.39, 0.29) is 24.4 Å². The molecule has 0 bridgehead atoms. The number of amidine groups is 1. The molecule has 1 aliphatic rings. The summed E-state index contributed by atoms with van der Waals surface area (Å²) >= 11 is 11.9. The molecular formula is C21H22Cl2N4O2. The number of carbonyl (C=O) groups is 2. The highest BCUT2D eigenvalue weighted by molar-refractivity contribution is 6.33. The monoisotopic (exact) mass is 432 g/mol. The molecule has 1 heterocycles. The zero-order chi connectivity index (χ0) is 20.8. The quantitative estimate of drug-likeness (QED) is 0.218. The Kier molecular flexibility index (Phi) is 7.12. The Morgan fingerprint density at radius 3 is 2.72 bits per heavy atom. The van der Waals surface area contributed by atoms with Gasteiger partial charge in [-0.2, -0.15) is 0 Å². The maximum atomic E-state index is 12.7. The number of amides is 3. The molecule has 0 spiro atoms. The molecule has 3 rings (SSSR count). The lowest BCUT2D eigenvalue weighted by Gasteiger charge is -2.14. The van der Waals surface area contributed by atoms with Gasteiger partial charge in [0.2, 0.25) is 0 Å². The average molecular weight is 433 g/mol. The smallest absolute Gasteiger partial charge is 0.325 e. The molecule has 0 aromatic heterocycles. The number of aliphatic imine (C=N–C) groups is 1. The summed E-state index contributed by atoms with van der Waals surface area (Å²) in [5, 5.41) is 3.39. The fourth-order valence-electron chi connectivity index (χ4n) is 3.20. The van der Waals surface area contributed by atoms with E-state index in [2.05, 4.69) is 10.3 Å². The van der Waals surface area contributed by atoms with Crippen molar-refractivity contribution in [3.63, 3.8) is 0 Å². The van der Waals surface area contributed by atoms with Crippen LogP contribution in [0.5, 0.6) is 0 Å². The molecule has 6 nitrogen and oxygen atoms in total. The minimum Gasteiger partial charge on any atom is -0.386 e. The van der Waals surface area contributed by atoms with E-state index in [1.165, 1.54) is 4.90 Å². The lowest BCUT2D eigenvalue weighted by Crippen LogP contribution is -2.31. The number of nitrogens with two attached hydrogens (primary N) is 1. The highest BCUT2D eigenvalue weighted by Gasteiger charge is 2.37. The largest absolute Gasteiger partial charge is 0.386 e. The second kappa shape index (κ2) is 9.76. The molecule has 1 fully saturated rings. The standard InChI is InChI=1S/C21H22Cl2N4O2/c22-12-19(24)25-10-4-9-18-20(28)27(21(29)26-18)13-14-5-3-6-15(11-14)16-7-1-2-8-17(16)23/h1-3,5-8,11,18H,4,9-10,12-13H2,(H2,24,25)(H,26,29). The average Bonchev–Trinajstić information content (AvgIpc) is 2.99. The molecule has 0 aliphatic carbocycles. The van der Waals surface area contributed by atoms with Gasteiger partial charge in [0, 0.05) is 17.1 Å². The van der Waals surface area contributed by atoms with Crippen LogP contribution in [-0.2, 0) is 11.3 Å². The lowest BCUT2D eigenvalue weighted by atomic mass is 10.0. The summed E-state index contributed by atoms with van der Waals surface area (Å²) in [6.45, 7) is 0.675. The van der Waals surface area contributed by atoms with Crippen LogP contribution >= 0.6 is 23.2 Å². The van der Waals surface area contributed by atoms with Crippen molar-refractivity contribution in [1.29, 1.82) is 0 Å². The number of carbonyl (C=O) groups excluding carboxylic acids is 2. The van der Waals surface area contributed by atoms with Gasteiger partial charge in [-0.15, -0.1) is 11.6 Å². The first-order valence-electron chi connectivity index (χ1n) is 9.30. The van der Waals surface area contributed by atoms with Crippen LogP contribution in [-0.4, -0.2) is 41.1 Å². The van der Waals surface area contributed by atoms with Gasteiger partial charge < -0.3 is 11.1 Å². The van der Waals surface area contributed by atoms with Gasteiger partial charge >= 0.3 is 6.03 Å². The fourth-order valence-corrected chi connectivity index (χ4v) is 3.53. The molecule has 0 saturated carbocycles. The van der Waals surface area contributed by atoms with Crippen molar-refractivity contribution >= 4 is 41.0 Å². The van der Waals surface area contributed by atoms with E-state index in [0.717, 1.165) is 16.7 Å². The van der Waals surface area contributed by atoms with Crippen LogP contribution in [0.25, 0.3) is 11.1 Å². The number of alkyl halides is 1. The van der Waals surface area contributed by atoms with E-state index in [9.17, 15) is 9.59 Å². The first-order chi connectivity index (χ1) is 14.0. The predicted octanol–water partition coefficient (Wildman–Crippen LogP) is 3.80. The van der Waals surface area contributed by atoms with Crippen molar-refractivity contribution in [2.24, 2.45) is 10.7 Å². The Bertz CT molecular complexity index is 932. The maximum Gasteiger partial charge on any atom is 0.325 e. The van der Waals surface area contributed by atoms with Crippen LogP contribution in [0, 0.1) is 0 Å². The Balaban J connectivity index is 1.65. The molecule has 2 aromatic carbocycles. The Morgan fingerprint density at radius 1 is 1.17 bits per heavy atom.